The van der Waals surface area contributed by atoms with Crippen molar-refractivity contribution in [1.29, 1.82) is 0 Å². The zero-order valence-corrected chi connectivity index (χ0v) is 15.5. The van der Waals surface area contributed by atoms with Gasteiger partial charge in [-0.2, -0.15) is 5.10 Å². The Kier molecular flexibility index (Phi) is 5.43. The smallest absolute Gasteiger partial charge is 0.243 e. The number of hydrogen-bond donors (Lipinski definition) is 1. The fourth-order valence-electron chi connectivity index (χ4n) is 3.30. The maximum Gasteiger partial charge on any atom is 0.243 e. The number of carbonyl (C=O) groups excluding carboxylic acids is 1. The van der Waals surface area contributed by atoms with Crippen molar-refractivity contribution in [3.8, 4) is 0 Å². The SMILES string of the molecule is O=C(NN=C(C=Cc1ccccc1)c1ccccc1)C1CC1c1ccccc1. The Morgan fingerprint density at radius 2 is 1.46 bits per heavy atom. The van der Waals surface area contributed by atoms with E-state index in [1.807, 2.05) is 91.0 Å². The lowest BCUT2D eigenvalue weighted by Crippen LogP contribution is -2.21. The normalized spacial score (nSPS) is 18.8. The predicted octanol–water partition coefficient (Wildman–Crippen LogP) is 5.02. The molecule has 138 valence electrons. The second kappa shape index (κ2) is 8.49. The molecule has 0 bridgehead atoms. The van der Waals surface area contributed by atoms with Gasteiger partial charge in [-0.05, 0) is 29.5 Å². The minimum atomic E-state index is -0.0182. The van der Waals surface area contributed by atoms with Crippen molar-refractivity contribution in [3.63, 3.8) is 0 Å². The van der Waals surface area contributed by atoms with Crippen LogP contribution in [-0.4, -0.2) is 11.6 Å². The van der Waals surface area contributed by atoms with Gasteiger partial charge in [-0.25, -0.2) is 5.43 Å². The minimum Gasteiger partial charge on any atom is -0.273 e. The fraction of sp³-hybridized carbons (Fsp3) is 0.120. The highest BCUT2D eigenvalue weighted by molar-refractivity contribution is 6.11. The minimum absolute atomic E-state index is 0.00118. The van der Waals surface area contributed by atoms with E-state index in [-0.39, 0.29) is 11.8 Å². The summed E-state index contributed by atoms with van der Waals surface area (Å²) in [6, 6.07) is 30.1. The van der Waals surface area contributed by atoms with Crippen molar-refractivity contribution in [2.75, 3.05) is 0 Å². The zero-order valence-electron chi connectivity index (χ0n) is 15.5. The first-order valence-corrected chi connectivity index (χ1v) is 9.52. The van der Waals surface area contributed by atoms with Gasteiger partial charge in [-0.1, -0.05) is 97.1 Å². The molecule has 2 unspecified atom stereocenters. The van der Waals surface area contributed by atoms with Gasteiger partial charge in [0.15, 0.2) is 0 Å². The van der Waals surface area contributed by atoms with Gasteiger partial charge in [0.1, 0.15) is 0 Å². The van der Waals surface area contributed by atoms with E-state index in [1.165, 1.54) is 5.56 Å². The summed E-state index contributed by atoms with van der Waals surface area (Å²) < 4.78 is 0. The lowest BCUT2D eigenvalue weighted by atomic mass is 10.1. The van der Waals surface area contributed by atoms with Gasteiger partial charge in [0, 0.05) is 11.5 Å². The summed E-state index contributed by atoms with van der Waals surface area (Å²) in [6.07, 6.45) is 4.82. The number of hydrogen-bond acceptors (Lipinski definition) is 2. The van der Waals surface area contributed by atoms with Gasteiger partial charge >= 0.3 is 0 Å². The van der Waals surface area contributed by atoms with Crippen LogP contribution >= 0.6 is 0 Å². The number of benzene rings is 3. The average Bonchev–Trinajstić information content (AvgIpc) is 3.57. The van der Waals surface area contributed by atoms with E-state index in [1.54, 1.807) is 0 Å². The summed E-state index contributed by atoms with van der Waals surface area (Å²) in [7, 11) is 0. The van der Waals surface area contributed by atoms with Gasteiger partial charge in [-0.3, -0.25) is 4.79 Å². The molecule has 4 rings (SSSR count). The standard InChI is InChI=1S/C25H22N2O/c28-25(23-18-22(23)20-12-6-2-7-13-20)27-26-24(21-14-8-3-9-15-21)17-16-19-10-4-1-5-11-19/h1-17,22-23H,18H2,(H,27,28). The summed E-state index contributed by atoms with van der Waals surface area (Å²) in [5, 5.41) is 4.43. The number of hydrazone groups is 1. The highest BCUT2D eigenvalue weighted by atomic mass is 16.2. The molecule has 3 aromatic rings. The van der Waals surface area contributed by atoms with Gasteiger partial charge < -0.3 is 0 Å². The Labute approximate surface area is 165 Å². The van der Waals surface area contributed by atoms with Crippen LogP contribution in [0.25, 0.3) is 6.08 Å². The molecule has 1 fully saturated rings. The summed E-state index contributed by atoms with van der Waals surface area (Å²) in [6.45, 7) is 0. The summed E-state index contributed by atoms with van der Waals surface area (Å²) in [5.74, 6) is 0.285. The Bertz CT molecular complexity index is 979. The maximum absolute atomic E-state index is 12.6. The van der Waals surface area contributed by atoms with Crippen LogP contribution in [0.15, 0.2) is 102 Å². The van der Waals surface area contributed by atoms with E-state index in [4.69, 9.17) is 0 Å². The van der Waals surface area contributed by atoms with Crippen LogP contribution in [0.4, 0.5) is 0 Å². The molecule has 0 aromatic heterocycles. The molecule has 0 saturated heterocycles. The van der Waals surface area contributed by atoms with Crippen LogP contribution in [0.3, 0.4) is 0 Å². The molecular weight excluding hydrogens is 344 g/mol. The molecule has 1 saturated carbocycles. The summed E-state index contributed by atoms with van der Waals surface area (Å²) in [5.41, 5.74) is 6.78. The number of carbonyl (C=O) groups is 1. The van der Waals surface area contributed by atoms with E-state index in [0.29, 0.717) is 5.92 Å². The molecule has 3 nitrogen and oxygen atoms in total. The van der Waals surface area contributed by atoms with E-state index >= 15 is 0 Å². The zero-order chi connectivity index (χ0) is 19.2. The van der Waals surface area contributed by atoms with E-state index in [0.717, 1.165) is 23.3 Å². The molecule has 0 aliphatic heterocycles. The lowest BCUT2D eigenvalue weighted by molar-refractivity contribution is -0.122. The van der Waals surface area contributed by atoms with Crippen molar-refractivity contribution < 1.29 is 4.79 Å². The molecule has 0 heterocycles. The van der Waals surface area contributed by atoms with Crippen LogP contribution in [0.1, 0.15) is 29.0 Å². The van der Waals surface area contributed by atoms with E-state index in [9.17, 15) is 4.79 Å². The van der Waals surface area contributed by atoms with Crippen molar-refractivity contribution >= 4 is 17.7 Å². The number of amides is 1. The molecule has 1 aliphatic carbocycles. The second-order valence-corrected chi connectivity index (χ2v) is 6.94. The van der Waals surface area contributed by atoms with Crippen LogP contribution in [0, 0.1) is 5.92 Å². The third kappa shape index (κ3) is 4.44. The maximum atomic E-state index is 12.6. The number of nitrogens with one attached hydrogen (secondary N) is 1. The first-order chi connectivity index (χ1) is 13.8. The molecule has 28 heavy (non-hydrogen) atoms. The third-order valence-electron chi connectivity index (χ3n) is 4.94. The van der Waals surface area contributed by atoms with Crippen molar-refractivity contribution in [2.45, 2.75) is 12.3 Å². The molecule has 0 radical (unpaired) electrons. The third-order valence-corrected chi connectivity index (χ3v) is 4.94. The first kappa shape index (κ1) is 17.9. The Morgan fingerprint density at radius 1 is 0.857 bits per heavy atom. The molecule has 1 N–H and O–H groups in total. The van der Waals surface area contributed by atoms with Gasteiger partial charge in [0.05, 0.1) is 5.71 Å². The number of rotatable bonds is 6. The predicted molar refractivity (Wildman–Crippen MR) is 114 cm³/mol. The summed E-state index contributed by atoms with van der Waals surface area (Å²) >= 11 is 0. The molecule has 3 heteroatoms. The van der Waals surface area contributed by atoms with Crippen LogP contribution in [0.5, 0.6) is 0 Å². The quantitative estimate of drug-likeness (QED) is 0.483. The molecule has 3 aromatic carbocycles. The van der Waals surface area contributed by atoms with Gasteiger partial charge in [-0.15, -0.1) is 0 Å². The van der Waals surface area contributed by atoms with Gasteiger partial charge in [0.25, 0.3) is 0 Å². The van der Waals surface area contributed by atoms with Crippen LogP contribution in [-0.2, 0) is 4.79 Å². The highest BCUT2D eigenvalue weighted by Gasteiger charge is 2.43. The monoisotopic (exact) mass is 366 g/mol. The molecule has 1 aliphatic rings. The molecule has 0 spiro atoms. The van der Waals surface area contributed by atoms with Crippen LogP contribution in [0.2, 0.25) is 0 Å². The average molecular weight is 366 g/mol. The van der Waals surface area contributed by atoms with E-state index < -0.39 is 0 Å². The second-order valence-electron chi connectivity index (χ2n) is 6.94. The Hall–Kier alpha value is -3.46. The Balaban J connectivity index is 1.48. The largest absolute Gasteiger partial charge is 0.273 e. The number of nitrogens with zero attached hydrogens (tertiary/aromatic N) is 1. The number of allylic oxidation sites excluding steroid dienone is 1. The first-order valence-electron chi connectivity index (χ1n) is 9.52. The van der Waals surface area contributed by atoms with Crippen molar-refractivity contribution in [1.82, 2.24) is 5.43 Å². The Morgan fingerprint density at radius 3 is 2.14 bits per heavy atom. The van der Waals surface area contributed by atoms with E-state index in [2.05, 4.69) is 22.7 Å². The molecule has 2 atom stereocenters. The van der Waals surface area contributed by atoms with Crippen molar-refractivity contribution in [2.24, 2.45) is 11.0 Å². The van der Waals surface area contributed by atoms with Gasteiger partial charge in [0.2, 0.25) is 5.91 Å². The topological polar surface area (TPSA) is 41.5 Å². The molecular formula is C25H22N2O. The van der Waals surface area contributed by atoms with Crippen LogP contribution < -0.4 is 5.43 Å². The fourth-order valence-corrected chi connectivity index (χ4v) is 3.30. The lowest BCUT2D eigenvalue weighted by Gasteiger charge is -2.04. The molecule has 1 amide bonds. The van der Waals surface area contributed by atoms with Crippen molar-refractivity contribution in [3.05, 3.63) is 114 Å². The summed E-state index contributed by atoms with van der Waals surface area (Å²) in [4.78, 5) is 12.6. The highest BCUT2D eigenvalue weighted by Crippen LogP contribution is 2.47.